The van der Waals surface area contributed by atoms with E-state index < -0.39 is 0 Å². The van der Waals surface area contributed by atoms with Gasteiger partial charge in [0.2, 0.25) is 0 Å². The molecule has 106 valence electrons. The number of hydrogen-bond acceptors (Lipinski definition) is 4. The molecule has 0 aromatic heterocycles. The van der Waals surface area contributed by atoms with Gasteiger partial charge in [0.25, 0.3) is 0 Å². The predicted octanol–water partition coefficient (Wildman–Crippen LogP) is 1.69. The monoisotopic (exact) mass is 265 g/mol. The van der Waals surface area contributed by atoms with Crippen molar-refractivity contribution >= 4 is 11.5 Å². The number of anilines is 1. The molecule has 19 heavy (non-hydrogen) atoms. The van der Waals surface area contributed by atoms with Crippen molar-refractivity contribution < 1.29 is 10.3 Å². The first-order valence-corrected chi connectivity index (χ1v) is 6.58. The summed E-state index contributed by atoms with van der Waals surface area (Å²) in [4.78, 5) is 2.07. The molecule has 0 radical (unpaired) electrons. The molecule has 4 N–H and O–H groups in total. The van der Waals surface area contributed by atoms with Crippen LogP contribution in [0.15, 0.2) is 23.4 Å². The van der Waals surface area contributed by atoms with Crippen LogP contribution in [0, 0.1) is 6.92 Å². The fourth-order valence-corrected chi connectivity index (χ4v) is 2.01. The second-order valence-electron chi connectivity index (χ2n) is 4.57. The van der Waals surface area contributed by atoms with Gasteiger partial charge in [-0.1, -0.05) is 30.1 Å². The van der Waals surface area contributed by atoms with Crippen LogP contribution in [-0.2, 0) is 0 Å². The molecular formula is C14H23N3O2. The van der Waals surface area contributed by atoms with Gasteiger partial charge in [-0.2, -0.15) is 0 Å². The molecule has 0 bridgehead atoms. The normalized spacial score (nSPS) is 11.6. The fourth-order valence-electron chi connectivity index (χ4n) is 2.01. The minimum Gasteiger partial charge on any atom is -0.409 e. The van der Waals surface area contributed by atoms with E-state index in [-0.39, 0.29) is 12.4 Å². The minimum atomic E-state index is 0.0766. The zero-order valence-electron chi connectivity index (χ0n) is 11.6. The molecule has 0 saturated carbocycles. The van der Waals surface area contributed by atoms with Crippen molar-refractivity contribution in [2.45, 2.75) is 26.7 Å². The van der Waals surface area contributed by atoms with Crippen LogP contribution in [0.25, 0.3) is 0 Å². The van der Waals surface area contributed by atoms with Gasteiger partial charge in [0.15, 0.2) is 5.84 Å². The molecule has 5 nitrogen and oxygen atoms in total. The van der Waals surface area contributed by atoms with Crippen LogP contribution in [0.5, 0.6) is 0 Å². The van der Waals surface area contributed by atoms with Gasteiger partial charge in [-0.15, -0.1) is 0 Å². The Bertz CT molecular complexity index is 433. The van der Waals surface area contributed by atoms with Gasteiger partial charge in [0.1, 0.15) is 0 Å². The number of oxime groups is 1. The Balaban J connectivity index is 3.13. The van der Waals surface area contributed by atoms with E-state index >= 15 is 0 Å². The highest BCUT2D eigenvalue weighted by atomic mass is 16.4. The summed E-state index contributed by atoms with van der Waals surface area (Å²) in [5.74, 6) is 0.0955. The van der Waals surface area contributed by atoms with Gasteiger partial charge in [0.05, 0.1) is 6.61 Å². The van der Waals surface area contributed by atoms with Gasteiger partial charge < -0.3 is 20.9 Å². The summed E-state index contributed by atoms with van der Waals surface area (Å²) in [6.45, 7) is 5.53. The second-order valence-corrected chi connectivity index (χ2v) is 4.57. The summed E-state index contributed by atoms with van der Waals surface area (Å²) in [6, 6.07) is 5.83. The number of amidine groups is 1. The maximum Gasteiger partial charge on any atom is 0.172 e. The van der Waals surface area contributed by atoms with Gasteiger partial charge in [-0.3, -0.25) is 0 Å². The third kappa shape index (κ3) is 4.13. The third-order valence-corrected chi connectivity index (χ3v) is 3.03. The summed E-state index contributed by atoms with van der Waals surface area (Å²) in [5.41, 5.74) is 8.38. The smallest absolute Gasteiger partial charge is 0.172 e. The Morgan fingerprint density at radius 1 is 1.37 bits per heavy atom. The Morgan fingerprint density at radius 2 is 2.11 bits per heavy atom. The third-order valence-electron chi connectivity index (χ3n) is 3.03. The number of aliphatic hydroxyl groups is 1. The number of benzene rings is 1. The Hall–Kier alpha value is -1.75. The number of aliphatic hydroxyl groups excluding tert-OH is 1. The highest BCUT2D eigenvalue weighted by molar-refractivity contribution is 6.02. The van der Waals surface area contributed by atoms with Crippen molar-refractivity contribution in [2.75, 3.05) is 24.6 Å². The number of rotatable bonds is 7. The summed E-state index contributed by atoms with van der Waals surface area (Å²) in [6.07, 6.45) is 2.11. The second kappa shape index (κ2) is 7.63. The minimum absolute atomic E-state index is 0.0766. The lowest BCUT2D eigenvalue weighted by atomic mass is 10.1. The maximum absolute atomic E-state index is 9.19. The molecule has 0 saturated heterocycles. The average molecular weight is 265 g/mol. The topological polar surface area (TPSA) is 82.1 Å². The lowest BCUT2D eigenvalue weighted by Gasteiger charge is -2.26. The van der Waals surface area contributed by atoms with Crippen LogP contribution in [0.4, 0.5) is 5.69 Å². The van der Waals surface area contributed by atoms with E-state index in [1.807, 2.05) is 25.1 Å². The SMILES string of the molecule is CCCCN(CCO)c1ccc(C)cc1/C(N)=N/O. The van der Waals surface area contributed by atoms with Crippen LogP contribution >= 0.6 is 0 Å². The van der Waals surface area contributed by atoms with Crippen molar-refractivity contribution in [3.05, 3.63) is 29.3 Å². The molecule has 0 spiro atoms. The van der Waals surface area contributed by atoms with Gasteiger partial charge in [-0.25, -0.2) is 0 Å². The fraction of sp³-hybridized carbons (Fsp3) is 0.500. The first-order chi connectivity index (χ1) is 9.13. The number of hydrogen-bond donors (Lipinski definition) is 3. The first kappa shape index (κ1) is 15.3. The molecule has 1 aromatic carbocycles. The van der Waals surface area contributed by atoms with Crippen molar-refractivity contribution in [1.82, 2.24) is 0 Å². The number of aryl methyl sites for hydroxylation is 1. The Kier molecular flexibility index (Phi) is 6.15. The summed E-state index contributed by atoms with van der Waals surface area (Å²) in [7, 11) is 0. The van der Waals surface area contributed by atoms with Gasteiger partial charge >= 0.3 is 0 Å². The van der Waals surface area contributed by atoms with Crippen LogP contribution in [-0.4, -0.2) is 35.8 Å². The zero-order chi connectivity index (χ0) is 14.3. The molecule has 0 atom stereocenters. The van der Waals surface area contributed by atoms with E-state index in [4.69, 9.17) is 10.9 Å². The van der Waals surface area contributed by atoms with Crippen molar-refractivity contribution in [1.29, 1.82) is 0 Å². The van der Waals surface area contributed by atoms with Crippen LogP contribution in [0.1, 0.15) is 30.9 Å². The highest BCUT2D eigenvalue weighted by Gasteiger charge is 2.13. The highest BCUT2D eigenvalue weighted by Crippen LogP contribution is 2.22. The van der Waals surface area contributed by atoms with Gasteiger partial charge in [0, 0.05) is 24.3 Å². The number of nitrogens with zero attached hydrogens (tertiary/aromatic N) is 2. The molecule has 0 aliphatic carbocycles. The summed E-state index contributed by atoms with van der Waals surface area (Å²) < 4.78 is 0. The van der Waals surface area contributed by atoms with E-state index in [0.29, 0.717) is 12.1 Å². The molecule has 0 amide bonds. The first-order valence-electron chi connectivity index (χ1n) is 6.58. The largest absolute Gasteiger partial charge is 0.409 e. The van der Waals surface area contributed by atoms with Gasteiger partial charge in [-0.05, 0) is 25.5 Å². The van der Waals surface area contributed by atoms with E-state index in [2.05, 4.69) is 17.0 Å². The summed E-state index contributed by atoms with van der Waals surface area (Å²) in [5, 5.41) is 21.2. The van der Waals surface area contributed by atoms with Crippen LogP contribution in [0.2, 0.25) is 0 Å². The number of nitrogens with two attached hydrogens (primary N) is 1. The van der Waals surface area contributed by atoms with E-state index in [0.717, 1.165) is 30.6 Å². The maximum atomic E-state index is 9.19. The predicted molar refractivity (Wildman–Crippen MR) is 77.9 cm³/mol. The number of unbranched alkanes of at least 4 members (excludes halogenated alkanes) is 1. The van der Waals surface area contributed by atoms with Crippen molar-refractivity contribution in [3.8, 4) is 0 Å². The lowest BCUT2D eigenvalue weighted by Crippen LogP contribution is -2.30. The Labute approximate surface area is 114 Å². The van der Waals surface area contributed by atoms with Crippen LogP contribution < -0.4 is 10.6 Å². The molecular weight excluding hydrogens is 242 g/mol. The molecule has 5 heteroatoms. The molecule has 0 aliphatic rings. The molecule has 1 rings (SSSR count). The van der Waals surface area contributed by atoms with E-state index in [1.54, 1.807) is 0 Å². The molecule has 1 aromatic rings. The van der Waals surface area contributed by atoms with Crippen molar-refractivity contribution in [2.24, 2.45) is 10.9 Å². The molecule has 0 aliphatic heterocycles. The standard InChI is InChI=1S/C14H23N3O2/c1-3-4-7-17(8-9-18)13-6-5-11(2)10-12(13)14(15)16-19/h5-6,10,18-19H,3-4,7-9H2,1-2H3,(H2,15,16). The Morgan fingerprint density at radius 3 is 2.68 bits per heavy atom. The van der Waals surface area contributed by atoms with E-state index in [1.165, 1.54) is 0 Å². The zero-order valence-corrected chi connectivity index (χ0v) is 11.6. The average Bonchev–Trinajstić information content (AvgIpc) is 2.42. The van der Waals surface area contributed by atoms with Crippen molar-refractivity contribution in [3.63, 3.8) is 0 Å². The quantitative estimate of drug-likeness (QED) is 0.303. The molecule has 0 unspecified atom stereocenters. The van der Waals surface area contributed by atoms with Crippen LogP contribution in [0.3, 0.4) is 0 Å². The molecule has 0 heterocycles. The summed E-state index contributed by atoms with van der Waals surface area (Å²) >= 11 is 0. The lowest BCUT2D eigenvalue weighted by molar-refractivity contribution is 0.301. The van der Waals surface area contributed by atoms with E-state index in [9.17, 15) is 5.11 Å². The molecule has 0 fully saturated rings.